The van der Waals surface area contributed by atoms with Crippen molar-refractivity contribution in [1.82, 2.24) is 0 Å². The van der Waals surface area contributed by atoms with Gasteiger partial charge in [-0.1, -0.05) is 57.6 Å². The highest BCUT2D eigenvalue weighted by Crippen LogP contribution is 2.36. The van der Waals surface area contributed by atoms with Crippen molar-refractivity contribution >= 4 is 34.8 Å². The minimum atomic E-state index is -1.35. The number of alkyl halides is 1. The molecule has 5 heteroatoms. The van der Waals surface area contributed by atoms with Gasteiger partial charge in [-0.3, -0.25) is 9.59 Å². The lowest BCUT2D eigenvalue weighted by atomic mass is 9.76. The number of ketones is 2. The molecule has 120 valence electrons. The number of hydrogen-bond acceptors (Lipinski definition) is 3. The predicted octanol–water partition coefficient (Wildman–Crippen LogP) is 4.10. The maximum absolute atomic E-state index is 12.5. The Morgan fingerprint density at radius 2 is 1.67 bits per heavy atom. The Balaban J connectivity index is 2.94. The highest BCUT2D eigenvalue weighted by atomic mass is 35.5. The standard InChI is InChI=1S/C16H25Cl2NO2/c1-3-5-7-9-11-12(17)15(21)16(19,10-8-6-4-2)14(18)13(11)20/h14H,3-10,19H2,1-2H3. The van der Waals surface area contributed by atoms with Crippen molar-refractivity contribution in [1.29, 1.82) is 0 Å². The highest BCUT2D eigenvalue weighted by Gasteiger charge is 2.50. The van der Waals surface area contributed by atoms with Crippen LogP contribution in [0.5, 0.6) is 0 Å². The summed E-state index contributed by atoms with van der Waals surface area (Å²) in [7, 11) is 0. The lowest BCUT2D eigenvalue weighted by Crippen LogP contribution is -2.60. The maximum atomic E-state index is 12.5. The summed E-state index contributed by atoms with van der Waals surface area (Å²) < 4.78 is 0. The number of rotatable bonds is 8. The molecule has 0 fully saturated rings. The van der Waals surface area contributed by atoms with E-state index in [2.05, 4.69) is 13.8 Å². The number of carbonyl (C=O) groups excluding carboxylic acids is 2. The summed E-state index contributed by atoms with van der Waals surface area (Å²) in [5.74, 6) is -0.636. The van der Waals surface area contributed by atoms with Crippen LogP contribution in [0.4, 0.5) is 0 Å². The molecule has 0 aromatic carbocycles. The van der Waals surface area contributed by atoms with Crippen LogP contribution in [0.15, 0.2) is 10.6 Å². The van der Waals surface area contributed by atoms with Crippen LogP contribution in [-0.2, 0) is 9.59 Å². The molecule has 0 heterocycles. The van der Waals surface area contributed by atoms with Crippen molar-refractivity contribution in [3.8, 4) is 0 Å². The predicted molar refractivity (Wildman–Crippen MR) is 87.7 cm³/mol. The van der Waals surface area contributed by atoms with Crippen LogP contribution in [0.1, 0.15) is 65.2 Å². The molecule has 1 aliphatic carbocycles. The van der Waals surface area contributed by atoms with Gasteiger partial charge in [0.1, 0.15) is 10.9 Å². The molecule has 1 rings (SSSR count). The molecule has 21 heavy (non-hydrogen) atoms. The zero-order chi connectivity index (χ0) is 16.0. The summed E-state index contributed by atoms with van der Waals surface area (Å²) >= 11 is 12.4. The second-order valence-electron chi connectivity index (χ2n) is 5.80. The Labute approximate surface area is 137 Å². The first-order valence-corrected chi connectivity index (χ1v) is 8.62. The SMILES string of the molecule is CCCCCC1=C(Cl)C(=O)C(N)(CCCCC)C(Cl)C1=O. The van der Waals surface area contributed by atoms with Gasteiger partial charge in [-0.2, -0.15) is 0 Å². The number of allylic oxidation sites excluding steroid dienone is 1. The number of carbonyl (C=O) groups is 2. The van der Waals surface area contributed by atoms with Crippen molar-refractivity contribution < 1.29 is 9.59 Å². The Bertz CT molecular complexity index is 434. The Morgan fingerprint density at radius 3 is 2.24 bits per heavy atom. The molecule has 0 spiro atoms. The fraction of sp³-hybridized carbons (Fsp3) is 0.750. The van der Waals surface area contributed by atoms with E-state index < -0.39 is 10.9 Å². The second-order valence-corrected chi connectivity index (χ2v) is 6.62. The topological polar surface area (TPSA) is 60.2 Å². The third kappa shape index (κ3) is 4.08. The summed E-state index contributed by atoms with van der Waals surface area (Å²) in [6.07, 6.45) is 6.50. The third-order valence-electron chi connectivity index (χ3n) is 4.09. The summed E-state index contributed by atoms with van der Waals surface area (Å²) in [4.78, 5) is 24.9. The summed E-state index contributed by atoms with van der Waals surface area (Å²) in [5.41, 5.74) is 5.18. The van der Waals surface area contributed by atoms with E-state index in [1.165, 1.54) is 0 Å². The zero-order valence-corrected chi connectivity index (χ0v) is 14.4. The minimum absolute atomic E-state index is 0.00648. The lowest BCUT2D eigenvalue weighted by molar-refractivity contribution is -0.126. The third-order valence-corrected chi connectivity index (χ3v) is 5.08. The molecule has 0 radical (unpaired) electrons. The van der Waals surface area contributed by atoms with Gasteiger partial charge < -0.3 is 5.73 Å². The molecule has 0 bridgehead atoms. The van der Waals surface area contributed by atoms with Crippen LogP contribution in [0.25, 0.3) is 0 Å². The molecule has 2 N–H and O–H groups in total. The van der Waals surface area contributed by atoms with E-state index in [1.54, 1.807) is 0 Å². The molecule has 0 saturated heterocycles. The molecule has 2 atom stereocenters. The normalized spacial score (nSPS) is 26.6. The molecule has 2 unspecified atom stereocenters. The Kier molecular flexibility index (Phi) is 7.38. The average Bonchev–Trinajstić information content (AvgIpc) is 2.47. The van der Waals surface area contributed by atoms with Crippen molar-refractivity contribution in [3.63, 3.8) is 0 Å². The highest BCUT2D eigenvalue weighted by molar-refractivity contribution is 6.51. The van der Waals surface area contributed by atoms with E-state index in [0.717, 1.165) is 38.5 Å². The Hall–Kier alpha value is -0.380. The fourth-order valence-corrected chi connectivity index (χ4v) is 3.35. The van der Waals surface area contributed by atoms with Crippen molar-refractivity contribution in [2.75, 3.05) is 0 Å². The van der Waals surface area contributed by atoms with Gasteiger partial charge in [-0.25, -0.2) is 0 Å². The maximum Gasteiger partial charge on any atom is 0.196 e. The van der Waals surface area contributed by atoms with Gasteiger partial charge >= 0.3 is 0 Å². The quantitative estimate of drug-likeness (QED) is 0.537. The first-order chi connectivity index (χ1) is 9.90. The lowest BCUT2D eigenvalue weighted by Gasteiger charge is -2.36. The van der Waals surface area contributed by atoms with Gasteiger partial charge in [0.15, 0.2) is 11.6 Å². The van der Waals surface area contributed by atoms with Crippen LogP contribution in [-0.4, -0.2) is 22.5 Å². The fourth-order valence-electron chi connectivity index (χ4n) is 2.64. The number of hydrogen-bond donors (Lipinski definition) is 1. The van der Waals surface area contributed by atoms with Gasteiger partial charge in [0.2, 0.25) is 0 Å². The Morgan fingerprint density at radius 1 is 1.10 bits per heavy atom. The van der Waals surface area contributed by atoms with Gasteiger partial charge in [-0.15, -0.1) is 11.6 Å². The summed E-state index contributed by atoms with van der Waals surface area (Å²) in [5, 5.41) is -0.993. The van der Waals surface area contributed by atoms with Gasteiger partial charge in [0, 0.05) is 5.57 Å². The number of Topliss-reactive ketones (excluding diaryl/α,β-unsaturated/α-hetero) is 2. The van der Waals surface area contributed by atoms with E-state index in [0.29, 0.717) is 18.4 Å². The van der Waals surface area contributed by atoms with E-state index in [1.807, 2.05) is 0 Å². The van der Waals surface area contributed by atoms with Gasteiger partial charge in [0.05, 0.1) is 5.03 Å². The largest absolute Gasteiger partial charge is 0.317 e. The zero-order valence-electron chi connectivity index (χ0n) is 12.9. The van der Waals surface area contributed by atoms with Crippen LogP contribution < -0.4 is 5.73 Å². The summed E-state index contributed by atoms with van der Waals surface area (Å²) in [6.45, 7) is 4.14. The van der Waals surface area contributed by atoms with Gasteiger partial charge in [0.25, 0.3) is 0 Å². The van der Waals surface area contributed by atoms with Crippen LogP contribution in [0.3, 0.4) is 0 Å². The molecule has 3 nitrogen and oxygen atoms in total. The monoisotopic (exact) mass is 333 g/mol. The van der Waals surface area contributed by atoms with Crippen molar-refractivity contribution in [2.45, 2.75) is 76.1 Å². The molecular formula is C16H25Cl2NO2. The van der Waals surface area contributed by atoms with Crippen molar-refractivity contribution in [2.24, 2.45) is 5.73 Å². The number of unbranched alkanes of at least 4 members (excludes halogenated alkanes) is 4. The first kappa shape index (κ1) is 18.7. The minimum Gasteiger partial charge on any atom is -0.317 e. The van der Waals surface area contributed by atoms with E-state index >= 15 is 0 Å². The first-order valence-electron chi connectivity index (χ1n) is 7.80. The van der Waals surface area contributed by atoms with Gasteiger partial charge in [-0.05, 0) is 19.3 Å². The van der Waals surface area contributed by atoms with E-state index in [9.17, 15) is 9.59 Å². The van der Waals surface area contributed by atoms with E-state index in [4.69, 9.17) is 28.9 Å². The molecule has 1 aliphatic rings. The van der Waals surface area contributed by atoms with Crippen molar-refractivity contribution in [3.05, 3.63) is 10.6 Å². The number of halogens is 2. The molecule has 0 aromatic rings. The molecule has 0 amide bonds. The molecule has 0 aromatic heterocycles. The van der Waals surface area contributed by atoms with E-state index in [-0.39, 0.29) is 16.6 Å². The molecule has 0 saturated carbocycles. The molecule has 0 aliphatic heterocycles. The number of nitrogens with two attached hydrogens (primary N) is 1. The van der Waals surface area contributed by atoms with Crippen LogP contribution in [0.2, 0.25) is 0 Å². The molecular weight excluding hydrogens is 309 g/mol. The average molecular weight is 334 g/mol. The summed E-state index contributed by atoms with van der Waals surface area (Å²) in [6, 6.07) is 0. The van der Waals surface area contributed by atoms with Crippen LogP contribution in [0, 0.1) is 0 Å². The second kappa shape index (κ2) is 8.30. The smallest absolute Gasteiger partial charge is 0.196 e. The van der Waals surface area contributed by atoms with Crippen LogP contribution >= 0.6 is 23.2 Å².